The fourth-order valence-electron chi connectivity index (χ4n) is 5.60. The minimum Gasteiger partial charge on any atom is -0.394 e. The van der Waals surface area contributed by atoms with Crippen LogP contribution >= 0.6 is 0 Å². The molecule has 2 heterocycles. The standard InChI is InChI=1S/C31H40N4O7S/c1-5-13-35(14-6-2)23-10-9-20-15-22(8-7-21(20)16-23)25-12-11-24(34(25)4)19(3)27(17-32)43(40,41)33-28-30(38)29(37)26(18-36)42-31(28)39/h7-12,15-16,26,28-31,33,36-39H,5-6,13-14,18H2,1-4H3/b27-19+/t26-,28-,29-,30-,31?/m1/s1. The average molecular weight is 613 g/mol. The zero-order valence-corrected chi connectivity index (χ0v) is 25.6. The Morgan fingerprint density at radius 1 is 1.02 bits per heavy atom. The molecule has 0 bridgehead atoms. The van der Waals surface area contributed by atoms with E-state index in [-0.39, 0.29) is 5.57 Å². The van der Waals surface area contributed by atoms with Gasteiger partial charge in [0, 0.05) is 42.8 Å². The van der Waals surface area contributed by atoms with E-state index >= 15 is 0 Å². The lowest BCUT2D eigenvalue weighted by Gasteiger charge is -2.40. The minimum atomic E-state index is -4.58. The molecule has 0 amide bonds. The monoisotopic (exact) mass is 612 g/mol. The summed E-state index contributed by atoms with van der Waals surface area (Å²) in [5.41, 5.74) is 3.54. The molecule has 232 valence electrons. The first-order chi connectivity index (χ1) is 20.5. The molecule has 2 aromatic carbocycles. The molecule has 11 nitrogen and oxygen atoms in total. The lowest BCUT2D eigenvalue weighted by molar-refractivity contribution is -0.251. The minimum absolute atomic E-state index is 0.149. The third kappa shape index (κ3) is 6.63. The van der Waals surface area contributed by atoms with Crippen LogP contribution in [-0.4, -0.2) is 83.8 Å². The molecule has 0 radical (unpaired) electrons. The molecule has 1 saturated heterocycles. The lowest BCUT2D eigenvalue weighted by Crippen LogP contribution is -2.64. The number of anilines is 1. The highest BCUT2D eigenvalue weighted by atomic mass is 32.2. The van der Waals surface area contributed by atoms with E-state index in [0.29, 0.717) is 5.69 Å². The van der Waals surface area contributed by atoms with Crippen molar-refractivity contribution in [1.29, 1.82) is 5.26 Å². The number of rotatable bonds is 11. The van der Waals surface area contributed by atoms with Gasteiger partial charge in [-0.15, -0.1) is 0 Å². The third-order valence-corrected chi connectivity index (χ3v) is 9.40. The molecule has 0 spiro atoms. The van der Waals surface area contributed by atoms with Crippen LogP contribution in [0, 0.1) is 11.3 Å². The Morgan fingerprint density at radius 3 is 2.30 bits per heavy atom. The zero-order valence-electron chi connectivity index (χ0n) is 24.8. The predicted molar refractivity (Wildman–Crippen MR) is 165 cm³/mol. The molecule has 12 heteroatoms. The van der Waals surface area contributed by atoms with Crippen molar-refractivity contribution in [3.63, 3.8) is 0 Å². The number of aliphatic hydroxyl groups is 4. The van der Waals surface area contributed by atoms with Gasteiger partial charge in [-0.25, -0.2) is 8.42 Å². The van der Waals surface area contributed by atoms with Crippen molar-refractivity contribution in [2.75, 3.05) is 24.6 Å². The van der Waals surface area contributed by atoms with Gasteiger partial charge in [0.05, 0.1) is 6.61 Å². The van der Waals surface area contributed by atoms with E-state index in [0.717, 1.165) is 48.0 Å². The quantitative estimate of drug-likeness (QED) is 0.204. The van der Waals surface area contributed by atoms with Crippen molar-refractivity contribution < 1.29 is 33.6 Å². The summed E-state index contributed by atoms with van der Waals surface area (Å²) in [6.07, 6.45) is -4.47. The fraction of sp³-hybridized carbons (Fsp3) is 0.452. The number of aliphatic hydroxyl groups excluding tert-OH is 4. The van der Waals surface area contributed by atoms with Gasteiger partial charge in [0.25, 0.3) is 10.0 Å². The molecule has 1 aliphatic heterocycles. The molecule has 0 aliphatic carbocycles. The molecule has 5 N–H and O–H groups in total. The molecule has 1 fully saturated rings. The highest BCUT2D eigenvalue weighted by Gasteiger charge is 2.45. The molecule has 5 atom stereocenters. The van der Waals surface area contributed by atoms with Crippen LogP contribution < -0.4 is 9.62 Å². The molecular formula is C31H40N4O7S. The van der Waals surface area contributed by atoms with Gasteiger partial charge in [-0.05, 0) is 66.4 Å². The van der Waals surface area contributed by atoms with Crippen LogP contribution in [0.25, 0.3) is 27.6 Å². The molecule has 1 aromatic heterocycles. The van der Waals surface area contributed by atoms with E-state index in [1.54, 1.807) is 23.8 Å². The van der Waals surface area contributed by atoms with Gasteiger partial charge in [0.15, 0.2) is 11.2 Å². The predicted octanol–water partition coefficient (Wildman–Crippen LogP) is 2.45. The number of sulfonamides is 1. The summed E-state index contributed by atoms with van der Waals surface area (Å²) in [7, 11) is -2.80. The Balaban J connectivity index is 1.64. The summed E-state index contributed by atoms with van der Waals surface area (Å²) in [6, 6.07) is 16.2. The number of nitrogens with one attached hydrogen (secondary N) is 1. The summed E-state index contributed by atoms with van der Waals surface area (Å²) < 4.78 is 35.5. The Bertz CT molecular complexity index is 1620. The van der Waals surface area contributed by atoms with E-state index in [2.05, 4.69) is 53.8 Å². The van der Waals surface area contributed by atoms with Crippen molar-refractivity contribution in [3.8, 4) is 17.3 Å². The van der Waals surface area contributed by atoms with Crippen LogP contribution in [0.5, 0.6) is 0 Å². The van der Waals surface area contributed by atoms with Gasteiger partial charge in [0.2, 0.25) is 0 Å². The fourth-order valence-corrected chi connectivity index (χ4v) is 6.96. The van der Waals surface area contributed by atoms with Crippen molar-refractivity contribution in [3.05, 3.63) is 59.1 Å². The highest BCUT2D eigenvalue weighted by Crippen LogP contribution is 2.32. The maximum absolute atomic E-state index is 13.3. The van der Waals surface area contributed by atoms with Crippen molar-refractivity contribution >= 4 is 32.1 Å². The van der Waals surface area contributed by atoms with Gasteiger partial charge < -0.3 is 34.6 Å². The Morgan fingerprint density at radius 2 is 1.67 bits per heavy atom. The average Bonchev–Trinajstić information content (AvgIpc) is 3.37. The van der Waals surface area contributed by atoms with Gasteiger partial charge in [-0.3, -0.25) is 0 Å². The second-order valence-corrected chi connectivity index (χ2v) is 12.5. The summed E-state index contributed by atoms with van der Waals surface area (Å²) >= 11 is 0. The first kappa shape index (κ1) is 32.6. The molecule has 1 aliphatic rings. The van der Waals surface area contributed by atoms with Crippen molar-refractivity contribution in [1.82, 2.24) is 9.29 Å². The Labute approximate surface area is 252 Å². The van der Waals surface area contributed by atoms with E-state index in [9.17, 15) is 34.1 Å². The molecule has 0 saturated carbocycles. The number of nitrogens with zero attached hydrogens (tertiary/aromatic N) is 3. The first-order valence-electron chi connectivity index (χ1n) is 14.4. The van der Waals surface area contributed by atoms with Gasteiger partial charge in [-0.1, -0.05) is 32.0 Å². The van der Waals surface area contributed by atoms with Gasteiger partial charge >= 0.3 is 0 Å². The summed E-state index contributed by atoms with van der Waals surface area (Å²) in [5.74, 6) is 0. The number of benzene rings is 2. The van der Waals surface area contributed by atoms with Crippen molar-refractivity contribution in [2.24, 2.45) is 7.05 Å². The highest BCUT2D eigenvalue weighted by molar-refractivity contribution is 7.93. The maximum atomic E-state index is 13.3. The van der Waals surface area contributed by atoms with E-state index in [1.165, 1.54) is 12.6 Å². The second kappa shape index (κ2) is 13.6. The van der Waals surface area contributed by atoms with Gasteiger partial charge in [0.1, 0.15) is 30.4 Å². The topological polar surface area (TPSA) is 168 Å². The number of nitriles is 1. The Kier molecular flexibility index (Phi) is 10.3. The molecular weight excluding hydrogens is 572 g/mol. The van der Waals surface area contributed by atoms with Crippen molar-refractivity contribution in [2.45, 2.75) is 64.3 Å². The number of hydrogen-bond acceptors (Lipinski definition) is 9. The van der Waals surface area contributed by atoms with E-state index < -0.39 is 52.2 Å². The molecule has 4 rings (SSSR count). The number of aromatic nitrogens is 1. The van der Waals surface area contributed by atoms with Crippen LogP contribution in [0.4, 0.5) is 5.69 Å². The van der Waals surface area contributed by atoms with Crippen LogP contribution in [0.15, 0.2) is 53.4 Å². The smallest absolute Gasteiger partial charge is 0.251 e. The van der Waals surface area contributed by atoms with Crippen LogP contribution in [0.2, 0.25) is 0 Å². The molecule has 43 heavy (non-hydrogen) atoms. The second-order valence-electron chi connectivity index (χ2n) is 10.8. The SMILES string of the molecule is CCCN(CCC)c1ccc2cc(-c3ccc(/C(C)=C(\C#N)S(=O)(=O)N[C@H]4C(O)O[C@H](CO)[C@@H](O)[C@@H]4O)n3C)ccc2c1. The normalized spacial score (nSPS) is 23.2. The largest absolute Gasteiger partial charge is 0.394 e. The number of fused-ring (bicyclic) bond motifs is 1. The first-order valence-corrected chi connectivity index (χ1v) is 15.8. The molecule has 1 unspecified atom stereocenters. The Hall–Kier alpha value is -3.28. The van der Waals surface area contributed by atoms with Crippen LogP contribution in [0.1, 0.15) is 39.3 Å². The van der Waals surface area contributed by atoms with Crippen LogP contribution in [0.3, 0.4) is 0 Å². The van der Waals surface area contributed by atoms with Crippen LogP contribution in [-0.2, 0) is 21.8 Å². The zero-order chi connectivity index (χ0) is 31.5. The summed E-state index contributed by atoms with van der Waals surface area (Å²) in [4.78, 5) is 1.77. The number of allylic oxidation sites excluding steroid dienone is 2. The summed E-state index contributed by atoms with van der Waals surface area (Å²) in [5, 5.41) is 52.1. The van der Waals surface area contributed by atoms with Gasteiger partial charge in [-0.2, -0.15) is 9.98 Å². The van der Waals surface area contributed by atoms with E-state index in [1.807, 2.05) is 12.1 Å². The third-order valence-electron chi connectivity index (χ3n) is 7.88. The molecule has 3 aromatic rings. The van der Waals surface area contributed by atoms with E-state index in [4.69, 9.17) is 4.74 Å². The number of ether oxygens (including phenoxy) is 1. The maximum Gasteiger partial charge on any atom is 0.251 e. The number of hydrogen-bond donors (Lipinski definition) is 5. The summed E-state index contributed by atoms with van der Waals surface area (Å²) in [6.45, 7) is 7.14. The lowest BCUT2D eigenvalue weighted by atomic mass is 9.98.